The van der Waals surface area contributed by atoms with E-state index in [-0.39, 0.29) is 6.03 Å². The predicted molar refractivity (Wildman–Crippen MR) is 99.5 cm³/mol. The maximum atomic E-state index is 12.2. The van der Waals surface area contributed by atoms with Crippen LogP contribution in [-0.4, -0.2) is 37.1 Å². The smallest absolute Gasteiger partial charge is 0.317 e. The zero-order valence-electron chi connectivity index (χ0n) is 12.5. The van der Waals surface area contributed by atoms with Crippen LogP contribution in [0.3, 0.4) is 0 Å². The van der Waals surface area contributed by atoms with Crippen molar-refractivity contribution in [3.63, 3.8) is 0 Å². The topological polar surface area (TPSA) is 35.6 Å². The first-order chi connectivity index (χ1) is 11.1. The summed E-state index contributed by atoms with van der Waals surface area (Å²) in [5.74, 6) is 0. The van der Waals surface area contributed by atoms with Crippen molar-refractivity contribution in [2.45, 2.75) is 6.54 Å². The third-order valence-corrected chi connectivity index (χ3v) is 5.71. The number of benzene rings is 1. The van der Waals surface area contributed by atoms with Crippen LogP contribution in [0.15, 0.2) is 40.2 Å². The van der Waals surface area contributed by atoms with Gasteiger partial charge in [0.15, 0.2) is 0 Å². The lowest BCUT2D eigenvalue weighted by Gasteiger charge is -2.36. The Morgan fingerprint density at radius 2 is 2.04 bits per heavy atom. The summed E-state index contributed by atoms with van der Waals surface area (Å²) in [5, 5.41) is 5.74. The van der Waals surface area contributed by atoms with Crippen molar-refractivity contribution >= 4 is 50.6 Å². The van der Waals surface area contributed by atoms with Gasteiger partial charge in [-0.2, -0.15) is 0 Å². The largest absolute Gasteiger partial charge is 0.368 e. The number of rotatable bonds is 3. The van der Waals surface area contributed by atoms with Gasteiger partial charge in [-0.15, -0.1) is 11.3 Å². The highest BCUT2D eigenvalue weighted by Crippen LogP contribution is 2.21. The van der Waals surface area contributed by atoms with Crippen LogP contribution in [-0.2, 0) is 6.54 Å². The molecule has 0 saturated carbocycles. The SMILES string of the molecule is O=C(NCc1cc(Br)cs1)N1CCN(c2cccc(Cl)c2)CC1. The van der Waals surface area contributed by atoms with Gasteiger partial charge in [0.1, 0.15) is 0 Å². The number of urea groups is 1. The molecule has 1 aliphatic rings. The first-order valence-corrected chi connectivity index (χ1v) is 9.43. The molecule has 0 radical (unpaired) electrons. The van der Waals surface area contributed by atoms with E-state index >= 15 is 0 Å². The Balaban J connectivity index is 1.49. The molecule has 1 saturated heterocycles. The lowest BCUT2D eigenvalue weighted by Crippen LogP contribution is -2.51. The Bertz CT molecular complexity index is 685. The van der Waals surface area contributed by atoms with E-state index in [1.807, 2.05) is 34.5 Å². The highest BCUT2D eigenvalue weighted by atomic mass is 79.9. The van der Waals surface area contributed by atoms with Gasteiger partial charge < -0.3 is 15.1 Å². The van der Waals surface area contributed by atoms with E-state index in [4.69, 9.17) is 11.6 Å². The van der Waals surface area contributed by atoms with Crippen molar-refractivity contribution in [1.29, 1.82) is 0 Å². The van der Waals surface area contributed by atoms with Crippen molar-refractivity contribution in [3.05, 3.63) is 50.1 Å². The van der Waals surface area contributed by atoms with E-state index in [2.05, 4.69) is 32.2 Å². The molecular formula is C16H17BrClN3OS. The number of thiophene rings is 1. The standard InChI is InChI=1S/C16H17BrClN3OS/c17-12-8-15(23-11-12)10-19-16(22)21-6-4-20(5-7-21)14-3-1-2-13(18)9-14/h1-3,8-9,11H,4-7,10H2,(H,19,22). The van der Waals surface area contributed by atoms with Crippen LogP contribution in [0.1, 0.15) is 4.88 Å². The molecule has 23 heavy (non-hydrogen) atoms. The molecule has 1 aromatic heterocycles. The Labute approximate surface area is 153 Å². The average molecular weight is 415 g/mol. The Hall–Kier alpha value is -1.24. The predicted octanol–water partition coefficient (Wildman–Crippen LogP) is 4.20. The minimum absolute atomic E-state index is 0.000247. The van der Waals surface area contributed by atoms with Gasteiger partial charge in [0, 0.05) is 51.6 Å². The molecule has 122 valence electrons. The summed E-state index contributed by atoms with van der Waals surface area (Å²) < 4.78 is 1.06. The first-order valence-electron chi connectivity index (χ1n) is 7.38. The van der Waals surface area contributed by atoms with Crippen molar-refractivity contribution in [1.82, 2.24) is 10.2 Å². The van der Waals surface area contributed by atoms with E-state index in [9.17, 15) is 4.79 Å². The molecule has 2 aromatic rings. The second kappa shape index (κ2) is 7.55. The number of carbonyl (C=O) groups excluding carboxylic acids is 1. The molecule has 7 heteroatoms. The second-order valence-corrected chi connectivity index (χ2v) is 7.69. The molecule has 0 bridgehead atoms. The van der Waals surface area contributed by atoms with Crippen LogP contribution in [0.2, 0.25) is 5.02 Å². The van der Waals surface area contributed by atoms with Gasteiger partial charge in [-0.1, -0.05) is 17.7 Å². The highest BCUT2D eigenvalue weighted by Gasteiger charge is 2.21. The third kappa shape index (κ3) is 4.40. The number of hydrogen-bond acceptors (Lipinski definition) is 3. The summed E-state index contributed by atoms with van der Waals surface area (Å²) in [4.78, 5) is 17.5. The average Bonchev–Trinajstić information content (AvgIpc) is 2.98. The minimum Gasteiger partial charge on any atom is -0.368 e. The van der Waals surface area contributed by atoms with Crippen LogP contribution in [0, 0.1) is 0 Å². The molecule has 1 fully saturated rings. The number of nitrogens with one attached hydrogen (secondary N) is 1. The maximum absolute atomic E-state index is 12.2. The van der Waals surface area contributed by atoms with Crippen LogP contribution in [0.25, 0.3) is 0 Å². The molecule has 4 nitrogen and oxygen atoms in total. The lowest BCUT2D eigenvalue weighted by atomic mass is 10.2. The number of anilines is 1. The monoisotopic (exact) mass is 413 g/mol. The molecule has 2 amide bonds. The second-order valence-electron chi connectivity index (χ2n) is 5.34. The van der Waals surface area contributed by atoms with Crippen molar-refractivity contribution in [3.8, 4) is 0 Å². The van der Waals surface area contributed by atoms with Crippen molar-refractivity contribution in [2.75, 3.05) is 31.1 Å². The number of amides is 2. The minimum atomic E-state index is 0.000247. The van der Waals surface area contributed by atoms with Crippen molar-refractivity contribution < 1.29 is 4.79 Å². The number of nitrogens with zero attached hydrogens (tertiary/aromatic N) is 2. The molecule has 1 N–H and O–H groups in total. The summed E-state index contributed by atoms with van der Waals surface area (Å²) in [6, 6.07) is 9.87. The first kappa shape index (κ1) is 16.6. The number of halogens is 2. The summed E-state index contributed by atoms with van der Waals surface area (Å²) in [7, 11) is 0. The molecule has 3 rings (SSSR count). The van der Waals surface area contributed by atoms with Gasteiger partial charge in [-0.3, -0.25) is 0 Å². The van der Waals surface area contributed by atoms with Crippen molar-refractivity contribution in [2.24, 2.45) is 0 Å². The molecule has 0 spiro atoms. The number of carbonyl (C=O) groups is 1. The molecule has 0 atom stereocenters. The fraction of sp³-hybridized carbons (Fsp3) is 0.312. The Morgan fingerprint density at radius 1 is 1.26 bits per heavy atom. The molecule has 2 heterocycles. The molecule has 1 aromatic carbocycles. The van der Waals surface area contributed by atoms with Crippen LogP contribution in [0.4, 0.5) is 10.5 Å². The van der Waals surface area contributed by atoms with E-state index in [1.54, 1.807) is 11.3 Å². The van der Waals surface area contributed by atoms with Crippen LogP contribution < -0.4 is 10.2 Å². The van der Waals surface area contributed by atoms with E-state index in [0.717, 1.165) is 33.1 Å². The molecule has 0 aliphatic carbocycles. The summed E-state index contributed by atoms with van der Waals surface area (Å²) in [6.45, 7) is 3.64. The fourth-order valence-electron chi connectivity index (χ4n) is 2.56. The van der Waals surface area contributed by atoms with Gasteiger partial charge in [0.25, 0.3) is 0 Å². The fourth-order valence-corrected chi connectivity index (χ4v) is 4.14. The zero-order valence-corrected chi connectivity index (χ0v) is 15.6. The normalized spacial score (nSPS) is 14.9. The lowest BCUT2D eigenvalue weighted by molar-refractivity contribution is 0.194. The summed E-state index contributed by atoms with van der Waals surface area (Å²) in [6.07, 6.45) is 0. The van der Waals surface area contributed by atoms with Crippen LogP contribution >= 0.6 is 38.9 Å². The van der Waals surface area contributed by atoms with E-state index < -0.39 is 0 Å². The molecule has 1 aliphatic heterocycles. The molecule has 0 unspecified atom stereocenters. The quantitative estimate of drug-likeness (QED) is 0.817. The van der Waals surface area contributed by atoms with Gasteiger partial charge >= 0.3 is 6.03 Å². The van der Waals surface area contributed by atoms with Crippen LogP contribution in [0.5, 0.6) is 0 Å². The summed E-state index contributed by atoms with van der Waals surface area (Å²) >= 11 is 11.1. The Morgan fingerprint density at radius 3 is 2.70 bits per heavy atom. The maximum Gasteiger partial charge on any atom is 0.317 e. The molecular weight excluding hydrogens is 398 g/mol. The number of piperazine rings is 1. The van der Waals surface area contributed by atoms with Gasteiger partial charge in [-0.05, 0) is 40.2 Å². The highest BCUT2D eigenvalue weighted by molar-refractivity contribution is 9.10. The van der Waals surface area contributed by atoms with Gasteiger partial charge in [0.05, 0.1) is 6.54 Å². The van der Waals surface area contributed by atoms with Gasteiger partial charge in [0.2, 0.25) is 0 Å². The third-order valence-electron chi connectivity index (χ3n) is 3.78. The van der Waals surface area contributed by atoms with E-state index in [0.29, 0.717) is 19.6 Å². The Kier molecular flexibility index (Phi) is 5.46. The number of hydrogen-bond donors (Lipinski definition) is 1. The summed E-state index contributed by atoms with van der Waals surface area (Å²) in [5.41, 5.74) is 1.11. The van der Waals surface area contributed by atoms with E-state index in [1.165, 1.54) is 0 Å². The zero-order chi connectivity index (χ0) is 16.2. The van der Waals surface area contributed by atoms with Gasteiger partial charge in [-0.25, -0.2) is 4.79 Å².